The summed E-state index contributed by atoms with van der Waals surface area (Å²) in [5, 5.41) is 23.0. The van der Waals surface area contributed by atoms with E-state index in [1.165, 1.54) is 6.07 Å². The van der Waals surface area contributed by atoms with Gasteiger partial charge in [0.25, 0.3) is 5.91 Å². The fourth-order valence-electron chi connectivity index (χ4n) is 7.27. The van der Waals surface area contributed by atoms with Crippen molar-refractivity contribution in [1.29, 1.82) is 0 Å². The standard InChI is InChI=1S/C34H44ClN5O6/c35-28-21-23(5-6-30(28)42)22-31(32(43)38-14-8-25(9-15-38)37-18-12-27(41)13-19-37)46-34(45)39-16-10-26(11-17-39)40-20-7-24-3-1-2-4-29(24)36-33(40)44/h1-6,21,25-27,31,41-42H,7-20,22H2,(H,36,44)/t31-/m1/s1. The Morgan fingerprint density at radius 2 is 1.57 bits per heavy atom. The normalized spacial score (nSPS) is 21.3. The molecule has 0 bridgehead atoms. The Labute approximate surface area is 275 Å². The van der Waals surface area contributed by atoms with Crippen molar-refractivity contribution in [1.82, 2.24) is 19.6 Å². The number of carbonyl (C=O) groups excluding carboxylic acids is 3. The number of aliphatic hydroxyl groups is 1. The monoisotopic (exact) mass is 653 g/mol. The third-order valence-electron chi connectivity index (χ3n) is 10.0. The second-order valence-electron chi connectivity index (χ2n) is 12.9. The van der Waals surface area contributed by atoms with Gasteiger partial charge in [0.2, 0.25) is 0 Å². The topological polar surface area (TPSA) is 126 Å². The van der Waals surface area contributed by atoms with E-state index < -0.39 is 12.2 Å². The van der Waals surface area contributed by atoms with E-state index in [2.05, 4.69) is 10.2 Å². The fraction of sp³-hybridized carbons (Fsp3) is 0.559. The molecule has 4 amide bonds. The van der Waals surface area contributed by atoms with E-state index in [9.17, 15) is 24.6 Å². The lowest BCUT2D eigenvalue weighted by Gasteiger charge is -2.41. The number of amides is 4. The van der Waals surface area contributed by atoms with Crippen LogP contribution in [0.2, 0.25) is 5.02 Å². The Hall–Kier alpha value is -3.54. The highest BCUT2D eigenvalue weighted by Crippen LogP contribution is 2.28. The van der Waals surface area contributed by atoms with Crippen molar-refractivity contribution in [2.75, 3.05) is 51.1 Å². The minimum atomic E-state index is -1.04. The molecule has 0 spiro atoms. The van der Waals surface area contributed by atoms with Gasteiger partial charge < -0.3 is 39.9 Å². The van der Waals surface area contributed by atoms with Crippen LogP contribution in [-0.4, -0.2) is 118 Å². The van der Waals surface area contributed by atoms with Crippen molar-refractivity contribution >= 4 is 35.3 Å². The maximum Gasteiger partial charge on any atom is 0.410 e. The van der Waals surface area contributed by atoms with Crippen LogP contribution in [-0.2, 0) is 22.4 Å². The molecule has 0 unspecified atom stereocenters. The van der Waals surface area contributed by atoms with E-state index in [-0.39, 0.29) is 41.3 Å². The van der Waals surface area contributed by atoms with Crippen LogP contribution >= 0.6 is 11.6 Å². The summed E-state index contributed by atoms with van der Waals surface area (Å²) in [5.41, 5.74) is 2.64. The molecular weight excluding hydrogens is 610 g/mol. The number of urea groups is 1. The molecule has 4 heterocycles. The first kappa shape index (κ1) is 32.4. The number of hydrogen-bond acceptors (Lipinski definition) is 7. The van der Waals surface area contributed by atoms with Crippen LogP contribution < -0.4 is 5.32 Å². The van der Waals surface area contributed by atoms with Crippen LogP contribution in [0.5, 0.6) is 5.75 Å². The van der Waals surface area contributed by atoms with Crippen molar-refractivity contribution in [2.45, 2.75) is 75.7 Å². The van der Waals surface area contributed by atoms with Crippen LogP contribution in [0, 0.1) is 0 Å². The van der Waals surface area contributed by atoms with Crippen LogP contribution in [0.4, 0.5) is 15.3 Å². The smallest absolute Gasteiger partial charge is 0.410 e. The summed E-state index contributed by atoms with van der Waals surface area (Å²) in [5.74, 6) is -0.289. The molecule has 6 rings (SSSR count). The number of nitrogens with zero attached hydrogens (tertiary/aromatic N) is 4. The van der Waals surface area contributed by atoms with Crippen molar-refractivity contribution in [3.05, 3.63) is 58.6 Å². The number of rotatable bonds is 6. The minimum absolute atomic E-state index is 0.000562. The maximum atomic E-state index is 13.9. The van der Waals surface area contributed by atoms with E-state index >= 15 is 0 Å². The van der Waals surface area contributed by atoms with E-state index in [1.54, 1.807) is 21.9 Å². The van der Waals surface area contributed by atoms with Gasteiger partial charge in [0.05, 0.1) is 11.1 Å². The Morgan fingerprint density at radius 3 is 2.28 bits per heavy atom. The highest BCUT2D eigenvalue weighted by atomic mass is 35.5. The number of phenols is 1. The molecule has 3 saturated heterocycles. The molecule has 1 atom stereocenters. The summed E-state index contributed by atoms with van der Waals surface area (Å²) < 4.78 is 5.96. The van der Waals surface area contributed by atoms with E-state index in [1.807, 2.05) is 29.2 Å². The summed E-state index contributed by atoms with van der Waals surface area (Å²) in [6, 6.07) is 12.8. The van der Waals surface area contributed by atoms with Gasteiger partial charge >= 0.3 is 12.1 Å². The highest BCUT2D eigenvalue weighted by molar-refractivity contribution is 6.32. The Balaban J connectivity index is 1.07. The molecule has 11 nitrogen and oxygen atoms in total. The Morgan fingerprint density at radius 1 is 0.891 bits per heavy atom. The van der Waals surface area contributed by atoms with Gasteiger partial charge in [-0.3, -0.25) is 4.79 Å². The third-order valence-corrected chi connectivity index (χ3v) is 10.4. The van der Waals surface area contributed by atoms with Crippen LogP contribution in [0.1, 0.15) is 49.7 Å². The van der Waals surface area contributed by atoms with Gasteiger partial charge in [-0.1, -0.05) is 35.9 Å². The molecule has 3 N–H and O–H groups in total. The van der Waals surface area contributed by atoms with E-state index in [4.69, 9.17) is 16.3 Å². The minimum Gasteiger partial charge on any atom is -0.506 e. The molecule has 46 heavy (non-hydrogen) atoms. The van der Waals surface area contributed by atoms with Gasteiger partial charge in [-0.2, -0.15) is 0 Å². The van der Waals surface area contributed by atoms with Crippen LogP contribution in [0.3, 0.4) is 0 Å². The van der Waals surface area contributed by atoms with E-state index in [0.717, 1.165) is 56.4 Å². The lowest BCUT2D eigenvalue weighted by molar-refractivity contribution is -0.142. The van der Waals surface area contributed by atoms with Crippen molar-refractivity contribution in [2.24, 2.45) is 0 Å². The molecule has 12 heteroatoms. The predicted octanol–water partition coefficient (Wildman–Crippen LogP) is 4.10. The number of likely N-dealkylation sites (tertiary alicyclic amines) is 3. The quantitative estimate of drug-likeness (QED) is 0.429. The first-order chi connectivity index (χ1) is 22.2. The first-order valence-electron chi connectivity index (χ1n) is 16.5. The number of fused-ring (bicyclic) bond motifs is 1. The average Bonchev–Trinajstić information content (AvgIpc) is 3.24. The number of hydrogen-bond donors (Lipinski definition) is 3. The number of phenolic OH excluding ortho intramolecular Hbond substituents is 1. The largest absolute Gasteiger partial charge is 0.506 e. The maximum absolute atomic E-state index is 13.9. The number of carbonyl (C=O) groups is 3. The second-order valence-corrected chi connectivity index (χ2v) is 13.3. The summed E-state index contributed by atoms with van der Waals surface area (Å²) >= 11 is 6.16. The molecule has 0 saturated carbocycles. The summed E-state index contributed by atoms with van der Waals surface area (Å²) in [6.45, 7) is 4.33. The zero-order valence-corrected chi connectivity index (χ0v) is 26.9. The summed E-state index contributed by atoms with van der Waals surface area (Å²) in [6.07, 6.45) is 3.55. The van der Waals surface area contributed by atoms with Gasteiger partial charge in [-0.05, 0) is 74.3 Å². The van der Waals surface area contributed by atoms with Gasteiger partial charge in [-0.15, -0.1) is 0 Å². The zero-order valence-electron chi connectivity index (χ0n) is 26.2. The lowest BCUT2D eigenvalue weighted by atomic mass is 9.98. The zero-order chi connectivity index (χ0) is 32.2. The van der Waals surface area contributed by atoms with Gasteiger partial charge in [0.1, 0.15) is 5.75 Å². The number of benzene rings is 2. The lowest BCUT2D eigenvalue weighted by Crippen LogP contribution is -2.53. The molecule has 0 aromatic heterocycles. The predicted molar refractivity (Wildman–Crippen MR) is 174 cm³/mol. The van der Waals surface area contributed by atoms with Crippen molar-refractivity contribution in [3.63, 3.8) is 0 Å². The SMILES string of the molecule is O=C(O[C@H](Cc1ccc(O)c(Cl)c1)C(=O)N1CCC(N2CCC(O)CC2)CC1)N1CCC(N2CCc3ccccc3NC2=O)CC1. The number of para-hydroxylation sites is 1. The first-order valence-corrected chi connectivity index (χ1v) is 16.9. The van der Waals surface area contributed by atoms with E-state index in [0.29, 0.717) is 57.2 Å². The summed E-state index contributed by atoms with van der Waals surface area (Å²) in [4.78, 5) is 48.1. The number of halogens is 1. The highest BCUT2D eigenvalue weighted by Gasteiger charge is 2.36. The van der Waals surface area contributed by atoms with Gasteiger partial charge in [0, 0.05) is 70.0 Å². The Bertz CT molecular complexity index is 1400. The number of ether oxygens (including phenoxy) is 1. The van der Waals surface area contributed by atoms with Gasteiger partial charge in [0.15, 0.2) is 6.10 Å². The number of piperidine rings is 3. The van der Waals surface area contributed by atoms with Crippen molar-refractivity contribution < 1.29 is 29.3 Å². The molecule has 248 valence electrons. The summed E-state index contributed by atoms with van der Waals surface area (Å²) in [7, 11) is 0. The second kappa shape index (κ2) is 14.5. The number of aromatic hydroxyl groups is 1. The Kier molecular flexibility index (Phi) is 10.2. The fourth-order valence-corrected chi connectivity index (χ4v) is 7.47. The van der Waals surface area contributed by atoms with Gasteiger partial charge in [-0.25, -0.2) is 9.59 Å². The molecule has 4 aliphatic rings. The van der Waals surface area contributed by atoms with Crippen LogP contribution in [0.15, 0.2) is 42.5 Å². The molecular formula is C34H44ClN5O6. The molecule has 2 aromatic carbocycles. The third kappa shape index (κ3) is 7.53. The average molecular weight is 654 g/mol. The van der Waals surface area contributed by atoms with Crippen LogP contribution in [0.25, 0.3) is 0 Å². The number of anilines is 1. The number of nitrogens with one attached hydrogen (secondary N) is 1. The molecule has 4 aliphatic heterocycles. The molecule has 3 fully saturated rings. The molecule has 0 radical (unpaired) electrons. The molecule has 0 aliphatic carbocycles. The van der Waals surface area contributed by atoms with Crippen molar-refractivity contribution in [3.8, 4) is 5.75 Å². The molecule has 2 aromatic rings. The number of aliphatic hydroxyl groups excluding tert-OH is 1.